The van der Waals surface area contributed by atoms with Gasteiger partial charge in [0.15, 0.2) is 11.5 Å². The molecule has 0 aliphatic heterocycles. The molecular weight excluding hydrogens is 330 g/mol. The fourth-order valence-electron chi connectivity index (χ4n) is 3.65. The summed E-state index contributed by atoms with van der Waals surface area (Å²) < 4.78 is 16.5. The standard InChI is InChI=1S/C21H27NO4/c1-3-25-20(23)16-8-10-21(14-22,11-9-16)17-6-7-18(24-2)19(12-17)26-13-15-4-5-15/h6-7,12,15-16H,3-5,8-11,13H2,1-2H3/t16-,21-. The zero-order chi connectivity index (χ0) is 18.6. The molecule has 2 aliphatic carbocycles. The van der Waals surface area contributed by atoms with Crippen LogP contribution in [0, 0.1) is 23.2 Å². The predicted octanol–water partition coefficient (Wildman–Crippen LogP) is 4.00. The molecule has 26 heavy (non-hydrogen) atoms. The third kappa shape index (κ3) is 3.95. The minimum atomic E-state index is -0.576. The van der Waals surface area contributed by atoms with E-state index in [9.17, 15) is 10.1 Å². The average molecular weight is 357 g/mol. The maximum absolute atomic E-state index is 12.0. The number of nitriles is 1. The summed E-state index contributed by atoms with van der Waals surface area (Å²) >= 11 is 0. The third-order valence-corrected chi connectivity index (χ3v) is 5.56. The van der Waals surface area contributed by atoms with E-state index in [1.165, 1.54) is 12.8 Å². The molecule has 2 fully saturated rings. The van der Waals surface area contributed by atoms with Gasteiger partial charge in [-0.05, 0) is 69.1 Å². The van der Waals surface area contributed by atoms with E-state index in [4.69, 9.17) is 14.2 Å². The monoisotopic (exact) mass is 357 g/mol. The van der Waals surface area contributed by atoms with Gasteiger partial charge in [-0.15, -0.1) is 0 Å². The topological polar surface area (TPSA) is 68.6 Å². The molecule has 0 unspecified atom stereocenters. The van der Waals surface area contributed by atoms with Crippen molar-refractivity contribution in [2.75, 3.05) is 20.3 Å². The number of nitrogens with zero attached hydrogens (tertiary/aromatic N) is 1. The van der Waals surface area contributed by atoms with Crippen LogP contribution in [0.25, 0.3) is 0 Å². The van der Waals surface area contributed by atoms with Crippen molar-refractivity contribution in [2.24, 2.45) is 11.8 Å². The Balaban J connectivity index is 1.76. The molecule has 1 aromatic rings. The Morgan fingerprint density at radius 3 is 2.54 bits per heavy atom. The molecule has 1 aromatic carbocycles. The normalized spacial score (nSPS) is 25.2. The SMILES string of the molecule is CCOC(=O)[C@H]1CC[C@](C#N)(c2ccc(OC)c(OCC3CC3)c2)CC1. The Labute approximate surface area is 155 Å². The van der Waals surface area contributed by atoms with E-state index in [2.05, 4.69) is 6.07 Å². The maximum Gasteiger partial charge on any atom is 0.308 e. The lowest BCUT2D eigenvalue weighted by molar-refractivity contribution is -0.149. The van der Waals surface area contributed by atoms with E-state index in [-0.39, 0.29) is 11.9 Å². The van der Waals surface area contributed by atoms with Crippen molar-refractivity contribution < 1.29 is 19.0 Å². The van der Waals surface area contributed by atoms with Crippen molar-refractivity contribution in [3.8, 4) is 17.6 Å². The number of carbonyl (C=O) groups is 1. The van der Waals surface area contributed by atoms with Crippen LogP contribution in [0.3, 0.4) is 0 Å². The number of esters is 1. The summed E-state index contributed by atoms with van der Waals surface area (Å²) in [6, 6.07) is 8.31. The smallest absolute Gasteiger partial charge is 0.308 e. The van der Waals surface area contributed by atoms with Crippen LogP contribution in [0.15, 0.2) is 18.2 Å². The minimum absolute atomic E-state index is 0.0970. The van der Waals surface area contributed by atoms with Gasteiger partial charge in [-0.25, -0.2) is 0 Å². The van der Waals surface area contributed by atoms with Gasteiger partial charge in [-0.2, -0.15) is 5.26 Å². The summed E-state index contributed by atoms with van der Waals surface area (Å²) in [5.74, 6) is 1.82. The summed E-state index contributed by atoms with van der Waals surface area (Å²) in [6.07, 6.45) is 5.11. The molecule has 2 aliphatic rings. The number of hydrogen-bond acceptors (Lipinski definition) is 5. The molecule has 0 spiro atoms. The fourth-order valence-corrected chi connectivity index (χ4v) is 3.65. The second kappa shape index (κ2) is 7.99. The van der Waals surface area contributed by atoms with Gasteiger partial charge in [-0.3, -0.25) is 4.79 Å². The van der Waals surface area contributed by atoms with Crippen molar-refractivity contribution in [3.63, 3.8) is 0 Å². The largest absolute Gasteiger partial charge is 0.493 e. The highest BCUT2D eigenvalue weighted by Crippen LogP contribution is 2.44. The molecule has 0 N–H and O–H groups in total. The van der Waals surface area contributed by atoms with Gasteiger partial charge in [-0.1, -0.05) is 6.07 Å². The quantitative estimate of drug-likeness (QED) is 0.690. The summed E-state index contributed by atoms with van der Waals surface area (Å²) in [5.41, 5.74) is 0.376. The summed E-state index contributed by atoms with van der Waals surface area (Å²) in [5, 5.41) is 9.93. The molecule has 0 radical (unpaired) electrons. The molecule has 140 valence electrons. The number of methoxy groups -OCH3 is 1. The van der Waals surface area contributed by atoms with Gasteiger partial charge >= 0.3 is 5.97 Å². The lowest BCUT2D eigenvalue weighted by Gasteiger charge is -2.34. The second-order valence-corrected chi connectivity index (χ2v) is 7.34. The fraction of sp³-hybridized carbons (Fsp3) is 0.619. The first-order valence-electron chi connectivity index (χ1n) is 9.51. The number of carbonyl (C=O) groups excluding carboxylic acids is 1. The van der Waals surface area contributed by atoms with Crippen molar-refractivity contribution in [2.45, 2.75) is 50.9 Å². The highest BCUT2D eigenvalue weighted by molar-refractivity contribution is 5.72. The maximum atomic E-state index is 12.0. The molecule has 5 nitrogen and oxygen atoms in total. The van der Waals surface area contributed by atoms with Crippen LogP contribution in [0.2, 0.25) is 0 Å². The summed E-state index contributed by atoms with van der Waals surface area (Å²) in [7, 11) is 1.63. The Morgan fingerprint density at radius 2 is 1.96 bits per heavy atom. The highest BCUT2D eigenvalue weighted by atomic mass is 16.5. The first-order valence-corrected chi connectivity index (χ1v) is 9.51. The molecule has 0 saturated heterocycles. The number of benzene rings is 1. The number of hydrogen-bond donors (Lipinski definition) is 0. The Morgan fingerprint density at radius 1 is 1.23 bits per heavy atom. The first kappa shape index (κ1) is 18.6. The van der Waals surface area contributed by atoms with Gasteiger partial charge in [0.1, 0.15) is 0 Å². The van der Waals surface area contributed by atoms with Crippen LogP contribution >= 0.6 is 0 Å². The predicted molar refractivity (Wildman–Crippen MR) is 97.1 cm³/mol. The number of rotatable bonds is 7. The van der Waals surface area contributed by atoms with Crippen LogP contribution in [0.5, 0.6) is 11.5 Å². The van der Waals surface area contributed by atoms with E-state index in [0.29, 0.717) is 56.3 Å². The zero-order valence-corrected chi connectivity index (χ0v) is 15.6. The lowest BCUT2D eigenvalue weighted by atomic mass is 9.67. The zero-order valence-electron chi connectivity index (χ0n) is 15.6. The third-order valence-electron chi connectivity index (χ3n) is 5.56. The van der Waals surface area contributed by atoms with Crippen LogP contribution in [0.1, 0.15) is 51.0 Å². The highest BCUT2D eigenvalue weighted by Gasteiger charge is 2.40. The molecule has 0 aromatic heterocycles. The molecule has 2 saturated carbocycles. The Kier molecular flexibility index (Phi) is 5.70. The first-order chi connectivity index (χ1) is 12.6. The second-order valence-electron chi connectivity index (χ2n) is 7.34. The molecular formula is C21H27NO4. The van der Waals surface area contributed by atoms with Gasteiger partial charge in [0.05, 0.1) is 37.7 Å². The van der Waals surface area contributed by atoms with E-state index >= 15 is 0 Å². The van der Waals surface area contributed by atoms with Crippen LogP contribution < -0.4 is 9.47 Å². The average Bonchev–Trinajstić information content (AvgIpc) is 3.51. The van der Waals surface area contributed by atoms with Crippen LogP contribution in [-0.2, 0) is 14.9 Å². The van der Waals surface area contributed by atoms with E-state index in [1.54, 1.807) is 7.11 Å². The molecule has 0 amide bonds. The molecule has 5 heteroatoms. The van der Waals surface area contributed by atoms with Crippen LogP contribution in [-0.4, -0.2) is 26.3 Å². The number of ether oxygens (including phenoxy) is 3. The molecule has 0 bridgehead atoms. The van der Waals surface area contributed by atoms with Crippen molar-refractivity contribution in [1.82, 2.24) is 0 Å². The Bertz CT molecular complexity index is 682. The van der Waals surface area contributed by atoms with Gasteiger partial charge in [0.25, 0.3) is 0 Å². The Hall–Kier alpha value is -2.22. The molecule has 0 heterocycles. The summed E-state index contributed by atoms with van der Waals surface area (Å²) in [4.78, 5) is 12.0. The van der Waals surface area contributed by atoms with Gasteiger partial charge in [0.2, 0.25) is 0 Å². The van der Waals surface area contributed by atoms with E-state index in [0.717, 1.165) is 5.56 Å². The van der Waals surface area contributed by atoms with Crippen molar-refractivity contribution in [3.05, 3.63) is 23.8 Å². The molecule has 3 rings (SSSR count). The molecule has 0 atom stereocenters. The minimum Gasteiger partial charge on any atom is -0.493 e. The van der Waals surface area contributed by atoms with E-state index < -0.39 is 5.41 Å². The van der Waals surface area contributed by atoms with E-state index in [1.807, 2.05) is 25.1 Å². The summed E-state index contributed by atoms with van der Waals surface area (Å²) in [6.45, 7) is 2.92. The van der Waals surface area contributed by atoms with Crippen LogP contribution in [0.4, 0.5) is 0 Å². The lowest BCUT2D eigenvalue weighted by Crippen LogP contribution is -2.33. The van der Waals surface area contributed by atoms with Gasteiger partial charge < -0.3 is 14.2 Å². The van der Waals surface area contributed by atoms with Crippen molar-refractivity contribution >= 4 is 5.97 Å². The van der Waals surface area contributed by atoms with Gasteiger partial charge in [0, 0.05) is 0 Å². The van der Waals surface area contributed by atoms with Crippen molar-refractivity contribution in [1.29, 1.82) is 5.26 Å².